The molecule has 2 aliphatic heterocycles. The number of ether oxygens (including phenoxy) is 2. The van der Waals surface area contributed by atoms with E-state index in [1.807, 2.05) is 64.9 Å². The zero-order valence-electron chi connectivity index (χ0n) is 18.9. The zero-order chi connectivity index (χ0) is 22.1. The van der Waals surface area contributed by atoms with Crippen molar-refractivity contribution in [3.05, 3.63) is 35.9 Å². The van der Waals surface area contributed by atoms with Gasteiger partial charge in [-0.05, 0) is 33.3 Å². The molecule has 1 aromatic carbocycles. The van der Waals surface area contributed by atoms with Crippen molar-refractivity contribution in [2.75, 3.05) is 14.1 Å². The van der Waals surface area contributed by atoms with E-state index in [0.29, 0.717) is 6.61 Å². The fourth-order valence-corrected chi connectivity index (χ4v) is 5.29. The minimum atomic E-state index is -1.33. The van der Waals surface area contributed by atoms with E-state index in [2.05, 4.69) is 23.5 Å². The predicted octanol–water partition coefficient (Wildman–Crippen LogP) is 3.89. The summed E-state index contributed by atoms with van der Waals surface area (Å²) in [5, 5.41) is 0.944. The Kier molecular flexibility index (Phi) is 7.56. The molecule has 166 valence electrons. The predicted molar refractivity (Wildman–Crippen MR) is 126 cm³/mol. The Bertz CT molecular complexity index is 780. The highest BCUT2D eigenvalue weighted by Crippen LogP contribution is 2.41. The van der Waals surface area contributed by atoms with Crippen molar-refractivity contribution in [3.63, 3.8) is 0 Å². The molecule has 0 aliphatic carbocycles. The van der Waals surface area contributed by atoms with Crippen LogP contribution in [0.2, 0.25) is 0 Å². The van der Waals surface area contributed by atoms with Crippen LogP contribution in [0.15, 0.2) is 39.7 Å². The van der Waals surface area contributed by atoms with E-state index >= 15 is 0 Å². The van der Waals surface area contributed by atoms with Crippen molar-refractivity contribution in [1.82, 2.24) is 4.90 Å². The van der Waals surface area contributed by atoms with Crippen molar-refractivity contribution in [2.24, 2.45) is 15.3 Å². The van der Waals surface area contributed by atoms with Crippen molar-refractivity contribution < 1.29 is 14.0 Å². The quantitative estimate of drug-likeness (QED) is 0.502. The summed E-state index contributed by atoms with van der Waals surface area (Å²) >= 11 is 0.293. The van der Waals surface area contributed by atoms with E-state index in [1.165, 1.54) is 0 Å². The van der Waals surface area contributed by atoms with Crippen LogP contribution < -0.4 is 0 Å². The Labute approximate surface area is 187 Å². The van der Waals surface area contributed by atoms with E-state index in [-0.39, 0.29) is 29.6 Å². The Morgan fingerprint density at radius 2 is 1.97 bits per heavy atom. The average Bonchev–Trinajstić information content (AvgIpc) is 3.11. The summed E-state index contributed by atoms with van der Waals surface area (Å²) in [6.07, 6.45) is -0.380. The first-order chi connectivity index (χ1) is 14.1. The summed E-state index contributed by atoms with van der Waals surface area (Å²) < 4.78 is 29.5. The fraction of sp³-hybridized carbons (Fsp3) is 0.636. The lowest BCUT2D eigenvalue weighted by Crippen LogP contribution is -2.53. The molecule has 0 N–H and O–H groups in total. The molecule has 0 saturated carbocycles. The van der Waals surface area contributed by atoms with Crippen LogP contribution in [0.5, 0.6) is 0 Å². The number of aliphatic imine (C=N–C) groups is 1. The molecular formula is C22H33N3O3S2. The van der Waals surface area contributed by atoms with Crippen LogP contribution in [0.25, 0.3) is 0 Å². The summed E-state index contributed by atoms with van der Waals surface area (Å²) in [6, 6.07) is 10.1. The van der Waals surface area contributed by atoms with Gasteiger partial charge in [-0.25, -0.2) is 0 Å². The number of amidine groups is 1. The van der Waals surface area contributed by atoms with Gasteiger partial charge in [0.15, 0.2) is 5.17 Å². The molecule has 6 atom stereocenters. The Morgan fingerprint density at radius 1 is 1.30 bits per heavy atom. The smallest absolute Gasteiger partial charge is 0.161 e. The van der Waals surface area contributed by atoms with Crippen molar-refractivity contribution in [2.45, 2.75) is 69.7 Å². The van der Waals surface area contributed by atoms with E-state index in [4.69, 9.17) is 14.5 Å². The van der Waals surface area contributed by atoms with Gasteiger partial charge in [0.25, 0.3) is 0 Å². The van der Waals surface area contributed by atoms with Gasteiger partial charge in [-0.15, -0.1) is 0 Å². The second-order valence-electron chi connectivity index (χ2n) is 9.05. The topological polar surface area (TPSA) is 69.5 Å². The first-order valence-electron chi connectivity index (χ1n) is 10.3. The molecule has 0 aromatic heterocycles. The number of nitrogens with zero attached hydrogens (tertiary/aromatic N) is 3. The monoisotopic (exact) mass is 451 g/mol. The standard InChI is InChI=1S/C22H33N3O3S2/c1-14-18(15(2)24-30(26)22(3,4)5)28-20-17(23-21(29-20)25(6)7)19(14)27-13-16-11-9-8-10-12-16/h8-12,14,17-20H,13H2,1-7H3/t14-,17-,18+,19+,20-,30?/m1/s1. The largest absolute Gasteiger partial charge is 0.591 e. The summed E-state index contributed by atoms with van der Waals surface area (Å²) in [6.45, 7) is 10.3. The first-order valence-corrected chi connectivity index (χ1v) is 12.3. The van der Waals surface area contributed by atoms with E-state index in [1.54, 1.807) is 11.8 Å². The lowest BCUT2D eigenvalue weighted by atomic mass is 9.88. The third-order valence-electron chi connectivity index (χ3n) is 5.20. The van der Waals surface area contributed by atoms with Crippen LogP contribution in [-0.2, 0) is 27.4 Å². The number of rotatable bonds is 5. The summed E-state index contributed by atoms with van der Waals surface area (Å²) in [7, 11) is 3.98. The molecule has 1 saturated heterocycles. The second kappa shape index (κ2) is 9.61. The van der Waals surface area contributed by atoms with Crippen LogP contribution in [0, 0.1) is 5.92 Å². The molecule has 30 heavy (non-hydrogen) atoms. The third-order valence-corrected chi connectivity index (χ3v) is 8.01. The summed E-state index contributed by atoms with van der Waals surface area (Å²) in [5.41, 5.74) is 1.74. The maximum atomic E-state index is 12.6. The summed E-state index contributed by atoms with van der Waals surface area (Å²) in [5.74, 6) is 0.0292. The highest BCUT2D eigenvalue weighted by molar-refractivity contribution is 8.14. The molecule has 6 nitrogen and oxygen atoms in total. The Balaban J connectivity index is 1.83. The molecule has 0 spiro atoms. The molecule has 2 heterocycles. The normalized spacial score (nSPS) is 30.6. The number of thioether (sulfide) groups is 1. The van der Waals surface area contributed by atoms with Gasteiger partial charge in [-0.3, -0.25) is 4.99 Å². The highest BCUT2D eigenvalue weighted by atomic mass is 32.2. The number of benzene rings is 1. The van der Waals surface area contributed by atoms with Crippen LogP contribution in [-0.4, -0.2) is 62.9 Å². The van der Waals surface area contributed by atoms with Gasteiger partial charge in [0, 0.05) is 20.0 Å². The second-order valence-corrected chi connectivity index (χ2v) is 12.0. The van der Waals surface area contributed by atoms with E-state index in [9.17, 15) is 4.55 Å². The van der Waals surface area contributed by atoms with Gasteiger partial charge in [0.1, 0.15) is 33.7 Å². The molecule has 3 rings (SSSR count). The lowest BCUT2D eigenvalue weighted by molar-refractivity contribution is -0.115. The maximum Gasteiger partial charge on any atom is 0.161 e. The van der Waals surface area contributed by atoms with Gasteiger partial charge >= 0.3 is 0 Å². The summed E-state index contributed by atoms with van der Waals surface area (Å²) in [4.78, 5) is 6.91. The van der Waals surface area contributed by atoms with Crippen molar-refractivity contribution in [3.8, 4) is 0 Å². The Morgan fingerprint density at radius 3 is 2.57 bits per heavy atom. The SMILES string of the molecule is CC(=N[S+]([O-])C(C)(C)C)[C@H]1O[C@@H]2SC(N(C)C)=N[C@@H]2[C@@H](OCc2ccccc2)[C@@H]1C. The van der Waals surface area contributed by atoms with Crippen molar-refractivity contribution in [1.29, 1.82) is 0 Å². The third kappa shape index (κ3) is 5.40. The molecule has 0 bridgehead atoms. The maximum absolute atomic E-state index is 12.6. The molecule has 2 aliphatic rings. The molecule has 0 amide bonds. The zero-order valence-corrected chi connectivity index (χ0v) is 20.5. The van der Waals surface area contributed by atoms with Crippen LogP contribution in [0.1, 0.15) is 40.2 Å². The molecule has 1 aromatic rings. The van der Waals surface area contributed by atoms with Gasteiger partial charge in [-0.1, -0.05) is 53.4 Å². The fourth-order valence-electron chi connectivity index (χ4n) is 3.52. The first kappa shape index (κ1) is 23.6. The highest BCUT2D eigenvalue weighted by Gasteiger charge is 2.50. The van der Waals surface area contributed by atoms with Crippen molar-refractivity contribution >= 4 is 34.0 Å². The van der Waals surface area contributed by atoms with Gasteiger partial charge < -0.3 is 18.9 Å². The molecule has 1 fully saturated rings. The Hall–Kier alpha value is -1.06. The van der Waals surface area contributed by atoms with E-state index < -0.39 is 16.1 Å². The molecule has 0 radical (unpaired) electrons. The average molecular weight is 452 g/mol. The molecule has 8 heteroatoms. The lowest BCUT2D eigenvalue weighted by Gasteiger charge is -2.41. The minimum absolute atomic E-state index is 0.0292. The van der Waals surface area contributed by atoms with Gasteiger partial charge in [0.2, 0.25) is 0 Å². The van der Waals surface area contributed by atoms with Gasteiger partial charge in [-0.2, -0.15) is 0 Å². The minimum Gasteiger partial charge on any atom is -0.591 e. The number of hydrogen-bond acceptors (Lipinski definition) is 7. The molecular weight excluding hydrogens is 418 g/mol. The number of hydrogen-bond donors (Lipinski definition) is 0. The van der Waals surface area contributed by atoms with Crippen LogP contribution in [0.4, 0.5) is 0 Å². The molecule has 1 unspecified atom stereocenters. The van der Waals surface area contributed by atoms with Crippen LogP contribution in [0.3, 0.4) is 0 Å². The number of fused-ring (bicyclic) bond motifs is 1. The van der Waals surface area contributed by atoms with Crippen LogP contribution >= 0.6 is 11.8 Å². The van der Waals surface area contributed by atoms with Gasteiger partial charge in [0.05, 0.1) is 18.4 Å². The van der Waals surface area contributed by atoms with E-state index in [0.717, 1.165) is 16.4 Å².